The van der Waals surface area contributed by atoms with Crippen molar-refractivity contribution in [1.29, 1.82) is 0 Å². The van der Waals surface area contributed by atoms with Crippen molar-refractivity contribution in [3.05, 3.63) is 110 Å². The lowest BCUT2D eigenvalue weighted by molar-refractivity contribution is 0.102. The Hall–Kier alpha value is -3.16. The van der Waals surface area contributed by atoms with Gasteiger partial charge in [-0.1, -0.05) is 55.8 Å². The summed E-state index contributed by atoms with van der Waals surface area (Å²) in [5.41, 5.74) is 2.92. The van der Waals surface area contributed by atoms with Gasteiger partial charge in [0.25, 0.3) is 5.91 Å². The van der Waals surface area contributed by atoms with E-state index in [4.69, 9.17) is 16.3 Å². The molecule has 0 aliphatic rings. The molecule has 5 nitrogen and oxygen atoms in total. The number of nitrogens with zero attached hydrogens (tertiary/aromatic N) is 2. The van der Waals surface area contributed by atoms with Crippen molar-refractivity contribution in [3.63, 3.8) is 0 Å². The van der Waals surface area contributed by atoms with Crippen LogP contribution < -0.4 is 10.1 Å². The molecule has 35 heavy (non-hydrogen) atoms. The molecule has 3 aromatic carbocycles. The van der Waals surface area contributed by atoms with E-state index in [0.29, 0.717) is 39.0 Å². The highest BCUT2D eigenvalue weighted by Crippen LogP contribution is 2.25. The zero-order valence-corrected chi connectivity index (χ0v) is 21.6. The van der Waals surface area contributed by atoms with Crippen molar-refractivity contribution in [3.8, 4) is 5.75 Å². The van der Waals surface area contributed by atoms with E-state index in [-0.39, 0.29) is 12.5 Å². The van der Waals surface area contributed by atoms with Gasteiger partial charge in [0.15, 0.2) is 5.82 Å². The number of hydrogen-bond donors (Lipinski definition) is 1. The van der Waals surface area contributed by atoms with Crippen molar-refractivity contribution in [2.45, 2.75) is 32.9 Å². The molecule has 4 rings (SSSR count). The van der Waals surface area contributed by atoms with Gasteiger partial charge < -0.3 is 10.1 Å². The Bertz CT molecular complexity index is 1320. The molecular formula is C27H24BrClFN3O2. The van der Waals surface area contributed by atoms with Crippen molar-refractivity contribution < 1.29 is 13.9 Å². The topological polar surface area (TPSA) is 56.1 Å². The Kier molecular flexibility index (Phi) is 7.88. The monoisotopic (exact) mass is 555 g/mol. The maximum absolute atomic E-state index is 14.1. The molecule has 0 radical (unpaired) electrons. The highest BCUT2D eigenvalue weighted by atomic mass is 79.9. The van der Waals surface area contributed by atoms with Crippen LogP contribution in [0.2, 0.25) is 5.02 Å². The summed E-state index contributed by atoms with van der Waals surface area (Å²) in [6.45, 7) is 4.76. The zero-order chi connectivity index (χ0) is 24.9. The Morgan fingerprint density at radius 2 is 1.89 bits per heavy atom. The number of carbonyl (C=O) groups is 1. The first-order valence-electron chi connectivity index (χ1n) is 11.1. The summed E-state index contributed by atoms with van der Waals surface area (Å²) in [4.78, 5) is 12.9. The summed E-state index contributed by atoms with van der Waals surface area (Å²) >= 11 is 9.52. The lowest BCUT2D eigenvalue weighted by Crippen LogP contribution is -2.14. The van der Waals surface area contributed by atoms with Gasteiger partial charge in [0.05, 0.1) is 11.0 Å². The molecule has 0 bridgehead atoms. The van der Waals surface area contributed by atoms with Crippen LogP contribution in [-0.4, -0.2) is 15.7 Å². The molecule has 1 N–H and O–H groups in total. The van der Waals surface area contributed by atoms with E-state index in [2.05, 4.69) is 52.3 Å². The van der Waals surface area contributed by atoms with E-state index in [0.717, 1.165) is 11.3 Å². The number of carbonyl (C=O) groups excluding carboxylic acids is 1. The van der Waals surface area contributed by atoms with Crippen molar-refractivity contribution in [2.75, 3.05) is 5.32 Å². The summed E-state index contributed by atoms with van der Waals surface area (Å²) in [5.74, 6) is 0.832. The molecule has 4 aromatic rings. The number of rotatable bonds is 8. The number of halogens is 3. The SMILES string of the molecule is CC(C)c1ccc(OCc2cccc(C(=O)Nc3nn(Cc4c(F)cccc4Cl)cc3Br)c2)cc1. The largest absolute Gasteiger partial charge is 0.489 e. The van der Waals surface area contributed by atoms with E-state index >= 15 is 0 Å². The molecule has 0 unspecified atom stereocenters. The number of amides is 1. The molecule has 180 valence electrons. The van der Waals surface area contributed by atoms with Gasteiger partial charge in [0.1, 0.15) is 18.2 Å². The summed E-state index contributed by atoms with van der Waals surface area (Å²) in [5, 5.41) is 7.47. The van der Waals surface area contributed by atoms with Gasteiger partial charge in [-0.3, -0.25) is 9.48 Å². The molecule has 0 spiro atoms. The minimum atomic E-state index is -0.412. The average molecular weight is 557 g/mol. The van der Waals surface area contributed by atoms with Crippen LogP contribution in [0.25, 0.3) is 0 Å². The third-order valence-corrected chi connectivity index (χ3v) is 6.41. The molecular weight excluding hydrogens is 533 g/mol. The molecule has 0 aliphatic carbocycles. The Labute approximate surface area is 217 Å². The molecule has 0 atom stereocenters. The summed E-state index contributed by atoms with van der Waals surface area (Å²) < 4.78 is 22.1. The lowest BCUT2D eigenvalue weighted by Gasteiger charge is -2.10. The van der Waals surface area contributed by atoms with Crippen LogP contribution in [0.1, 0.15) is 46.8 Å². The molecule has 1 aromatic heterocycles. The first-order valence-corrected chi connectivity index (χ1v) is 12.3. The summed E-state index contributed by atoms with van der Waals surface area (Å²) in [6.07, 6.45) is 1.66. The van der Waals surface area contributed by atoms with E-state index in [1.165, 1.54) is 16.3 Å². The average Bonchev–Trinajstić information content (AvgIpc) is 3.19. The van der Waals surface area contributed by atoms with Crippen LogP contribution in [0.5, 0.6) is 5.75 Å². The maximum Gasteiger partial charge on any atom is 0.256 e. The smallest absolute Gasteiger partial charge is 0.256 e. The highest BCUT2D eigenvalue weighted by Gasteiger charge is 2.15. The van der Waals surface area contributed by atoms with E-state index in [1.807, 2.05) is 24.3 Å². The number of nitrogens with one attached hydrogen (secondary N) is 1. The fraction of sp³-hybridized carbons (Fsp3) is 0.185. The Balaban J connectivity index is 1.41. The van der Waals surface area contributed by atoms with Crippen LogP contribution in [0.3, 0.4) is 0 Å². The van der Waals surface area contributed by atoms with E-state index in [9.17, 15) is 9.18 Å². The van der Waals surface area contributed by atoms with E-state index in [1.54, 1.807) is 30.5 Å². The maximum atomic E-state index is 14.1. The number of hydrogen-bond acceptors (Lipinski definition) is 3. The van der Waals surface area contributed by atoms with Crippen molar-refractivity contribution in [1.82, 2.24) is 9.78 Å². The number of anilines is 1. The standard InChI is InChI=1S/C27H24BrClFN3O2/c1-17(2)19-9-11-21(12-10-19)35-16-18-5-3-6-20(13-18)27(34)31-26-23(28)15-33(32-26)14-22-24(29)7-4-8-25(22)30/h3-13,15,17H,14,16H2,1-2H3,(H,31,32,34). The van der Waals surface area contributed by atoms with Crippen molar-refractivity contribution in [2.24, 2.45) is 0 Å². The summed E-state index contributed by atoms with van der Waals surface area (Å²) in [7, 11) is 0. The predicted octanol–water partition coefficient (Wildman–Crippen LogP) is 7.44. The minimum Gasteiger partial charge on any atom is -0.489 e. The highest BCUT2D eigenvalue weighted by molar-refractivity contribution is 9.10. The van der Waals surface area contributed by atoms with Gasteiger partial charge in [-0.15, -0.1) is 0 Å². The normalized spacial score (nSPS) is 11.0. The molecule has 0 saturated heterocycles. The fourth-order valence-electron chi connectivity index (χ4n) is 3.51. The number of benzene rings is 3. The molecule has 8 heteroatoms. The summed E-state index contributed by atoms with van der Waals surface area (Å²) in [6, 6.07) is 19.8. The molecule has 0 saturated carbocycles. The lowest BCUT2D eigenvalue weighted by atomic mass is 10.0. The van der Waals surface area contributed by atoms with E-state index < -0.39 is 5.82 Å². The number of aromatic nitrogens is 2. The molecule has 1 heterocycles. The van der Waals surface area contributed by atoms with Crippen LogP contribution >= 0.6 is 27.5 Å². The minimum absolute atomic E-state index is 0.130. The van der Waals surface area contributed by atoms with Gasteiger partial charge in [0, 0.05) is 22.3 Å². The molecule has 0 aliphatic heterocycles. The van der Waals surface area contributed by atoms with Gasteiger partial charge in [-0.25, -0.2) is 4.39 Å². The zero-order valence-electron chi connectivity index (χ0n) is 19.3. The second-order valence-corrected chi connectivity index (χ2v) is 9.65. The second-order valence-electron chi connectivity index (χ2n) is 8.39. The first-order chi connectivity index (χ1) is 16.8. The Morgan fingerprint density at radius 1 is 1.14 bits per heavy atom. The van der Waals surface area contributed by atoms with Crippen LogP contribution in [0.4, 0.5) is 10.2 Å². The van der Waals surface area contributed by atoms with Gasteiger partial charge >= 0.3 is 0 Å². The van der Waals surface area contributed by atoms with Gasteiger partial charge in [-0.05, 0) is 69.4 Å². The third-order valence-electron chi connectivity index (χ3n) is 5.47. The fourth-order valence-corrected chi connectivity index (χ4v) is 4.14. The van der Waals surface area contributed by atoms with Gasteiger partial charge in [0.2, 0.25) is 0 Å². The second kappa shape index (κ2) is 11.1. The van der Waals surface area contributed by atoms with Crippen LogP contribution in [-0.2, 0) is 13.2 Å². The van der Waals surface area contributed by atoms with Crippen molar-refractivity contribution >= 4 is 39.3 Å². The first kappa shape index (κ1) is 24.9. The Morgan fingerprint density at radius 3 is 2.60 bits per heavy atom. The van der Waals surface area contributed by atoms with Gasteiger partial charge in [-0.2, -0.15) is 5.10 Å². The quantitative estimate of drug-likeness (QED) is 0.245. The van der Waals surface area contributed by atoms with Crippen LogP contribution in [0.15, 0.2) is 77.4 Å². The third kappa shape index (κ3) is 6.29. The number of ether oxygens (including phenoxy) is 1. The molecule has 0 fully saturated rings. The molecule has 1 amide bonds. The van der Waals surface area contributed by atoms with Crippen LogP contribution in [0, 0.1) is 5.82 Å². The predicted molar refractivity (Wildman–Crippen MR) is 140 cm³/mol.